The van der Waals surface area contributed by atoms with E-state index in [2.05, 4.69) is 5.32 Å². The molecule has 126 valence electrons. The molecule has 2 rings (SSSR count). The Hall–Kier alpha value is -1.50. The van der Waals surface area contributed by atoms with E-state index in [1.165, 1.54) is 0 Å². The number of carbonyl (C=O) groups is 2. The first kappa shape index (κ1) is 17.8. The molecule has 1 fully saturated rings. The molecule has 1 saturated heterocycles. The highest BCUT2D eigenvalue weighted by molar-refractivity contribution is 6.39. The SMILES string of the molecule is CCOC(=O)CN1CCN(C(=O)Nc2c(Cl)cccc2Cl)CC1. The first-order valence-electron chi connectivity index (χ1n) is 7.39. The van der Waals surface area contributed by atoms with Gasteiger partial charge in [0.15, 0.2) is 0 Å². The number of amides is 2. The first-order valence-corrected chi connectivity index (χ1v) is 8.14. The van der Waals surface area contributed by atoms with Gasteiger partial charge in [-0.25, -0.2) is 4.79 Å². The molecular weight excluding hydrogens is 341 g/mol. The second-order valence-corrected chi connectivity index (χ2v) is 5.91. The van der Waals surface area contributed by atoms with Crippen molar-refractivity contribution in [2.24, 2.45) is 0 Å². The van der Waals surface area contributed by atoms with Gasteiger partial charge in [-0.3, -0.25) is 9.69 Å². The summed E-state index contributed by atoms with van der Waals surface area (Å²) in [6, 6.07) is 4.80. The predicted molar refractivity (Wildman–Crippen MR) is 90.1 cm³/mol. The summed E-state index contributed by atoms with van der Waals surface area (Å²) in [5.41, 5.74) is 0.412. The summed E-state index contributed by atoms with van der Waals surface area (Å²) in [5.74, 6) is -0.242. The van der Waals surface area contributed by atoms with Crippen molar-refractivity contribution in [3.8, 4) is 0 Å². The fourth-order valence-electron chi connectivity index (χ4n) is 2.30. The van der Waals surface area contributed by atoms with Gasteiger partial charge in [-0.1, -0.05) is 29.3 Å². The number of rotatable bonds is 4. The highest BCUT2D eigenvalue weighted by atomic mass is 35.5. The number of esters is 1. The van der Waals surface area contributed by atoms with Gasteiger partial charge in [-0.2, -0.15) is 0 Å². The fraction of sp³-hybridized carbons (Fsp3) is 0.467. The zero-order chi connectivity index (χ0) is 16.8. The molecule has 23 heavy (non-hydrogen) atoms. The van der Waals surface area contributed by atoms with E-state index in [0.29, 0.717) is 48.5 Å². The van der Waals surface area contributed by atoms with Crippen LogP contribution in [0.2, 0.25) is 10.0 Å². The summed E-state index contributed by atoms with van der Waals surface area (Å²) >= 11 is 12.1. The van der Waals surface area contributed by atoms with E-state index in [4.69, 9.17) is 27.9 Å². The van der Waals surface area contributed by atoms with Crippen molar-refractivity contribution in [1.29, 1.82) is 0 Å². The van der Waals surface area contributed by atoms with Crippen LogP contribution in [-0.2, 0) is 9.53 Å². The number of carbonyl (C=O) groups excluding carboxylic acids is 2. The molecule has 0 bridgehead atoms. The quantitative estimate of drug-likeness (QED) is 0.839. The number of hydrogen-bond donors (Lipinski definition) is 1. The largest absolute Gasteiger partial charge is 0.465 e. The van der Waals surface area contributed by atoms with Crippen LogP contribution in [0.25, 0.3) is 0 Å². The zero-order valence-corrected chi connectivity index (χ0v) is 14.4. The van der Waals surface area contributed by atoms with Gasteiger partial charge in [0.05, 0.1) is 28.9 Å². The molecule has 2 amide bonds. The number of piperazine rings is 1. The van der Waals surface area contributed by atoms with Crippen molar-refractivity contribution in [2.45, 2.75) is 6.92 Å². The molecule has 6 nitrogen and oxygen atoms in total. The van der Waals surface area contributed by atoms with Crippen molar-refractivity contribution >= 4 is 40.9 Å². The first-order chi connectivity index (χ1) is 11.0. The van der Waals surface area contributed by atoms with Gasteiger partial charge >= 0.3 is 12.0 Å². The minimum Gasteiger partial charge on any atom is -0.465 e. The molecule has 0 aliphatic carbocycles. The summed E-state index contributed by atoms with van der Waals surface area (Å²) in [6.45, 7) is 4.67. The van der Waals surface area contributed by atoms with E-state index < -0.39 is 0 Å². The maximum atomic E-state index is 12.3. The Morgan fingerprint density at radius 1 is 1.17 bits per heavy atom. The van der Waals surface area contributed by atoms with Crippen LogP contribution in [0.3, 0.4) is 0 Å². The van der Waals surface area contributed by atoms with Gasteiger partial charge in [0.2, 0.25) is 0 Å². The summed E-state index contributed by atoms with van der Waals surface area (Å²) in [5, 5.41) is 3.53. The summed E-state index contributed by atoms with van der Waals surface area (Å²) in [4.78, 5) is 27.4. The molecule has 1 aliphatic heterocycles. The summed E-state index contributed by atoms with van der Waals surface area (Å²) < 4.78 is 4.92. The zero-order valence-electron chi connectivity index (χ0n) is 12.8. The molecule has 1 aliphatic rings. The number of halogens is 2. The van der Waals surface area contributed by atoms with Crippen molar-refractivity contribution in [3.05, 3.63) is 28.2 Å². The molecular formula is C15H19Cl2N3O3. The smallest absolute Gasteiger partial charge is 0.322 e. The molecule has 0 radical (unpaired) electrons. The molecule has 1 aromatic carbocycles. The van der Waals surface area contributed by atoms with Crippen LogP contribution in [-0.4, -0.2) is 61.1 Å². The Morgan fingerprint density at radius 2 is 1.78 bits per heavy atom. The molecule has 1 N–H and O–H groups in total. The topological polar surface area (TPSA) is 61.9 Å². The molecule has 0 aromatic heterocycles. The third-order valence-electron chi connectivity index (χ3n) is 3.51. The molecule has 0 spiro atoms. The third kappa shape index (κ3) is 4.99. The Bertz CT molecular complexity index is 555. The standard InChI is InChI=1S/C15H19Cl2N3O3/c1-2-23-13(21)10-19-6-8-20(9-7-19)15(22)18-14-11(16)4-3-5-12(14)17/h3-5H,2,6-10H2,1H3,(H,18,22). The lowest BCUT2D eigenvalue weighted by molar-refractivity contribution is -0.144. The lowest BCUT2D eigenvalue weighted by Crippen LogP contribution is -2.51. The lowest BCUT2D eigenvalue weighted by Gasteiger charge is -2.34. The monoisotopic (exact) mass is 359 g/mol. The van der Waals surface area contributed by atoms with Gasteiger partial charge in [0.25, 0.3) is 0 Å². The number of nitrogens with one attached hydrogen (secondary N) is 1. The van der Waals surface area contributed by atoms with Crippen LogP contribution in [0, 0.1) is 0 Å². The van der Waals surface area contributed by atoms with Gasteiger partial charge in [0.1, 0.15) is 0 Å². The number of benzene rings is 1. The molecule has 1 aromatic rings. The number of para-hydroxylation sites is 1. The maximum absolute atomic E-state index is 12.3. The van der Waals surface area contributed by atoms with E-state index >= 15 is 0 Å². The van der Waals surface area contributed by atoms with Crippen molar-refractivity contribution in [2.75, 3.05) is 44.6 Å². The normalized spacial score (nSPS) is 15.3. The van der Waals surface area contributed by atoms with Crippen LogP contribution >= 0.6 is 23.2 Å². The molecule has 0 saturated carbocycles. The number of nitrogens with zero attached hydrogens (tertiary/aromatic N) is 2. The van der Waals surface area contributed by atoms with Crippen LogP contribution in [0.5, 0.6) is 0 Å². The second kappa shape index (κ2) is 8.38. The van der Waals surface area contributed by atoms with Crippen molar-refractivity contribution in [3.63, 3.8) is 0 Å². The average Bonchev–Trinajstić information content (AvgIpc) is 2.52. The summed E-state index contributed by atoms with van der Waals surface area (Å²) in [7, 11) is 0. The van der Waals surface area contributed by atoms with Crippen LogP contribution < -0.4 is 5.32 Å². The third-order valence-corrected chi connectivity index (χ3v) is 4.14. The fourth-order valence-corrected chi connectivity index (χ4v) is 2.79. The van der Waals surface area contributed by atoms with Crippen LogP contribution in [0.15, 0.2) is 18.2 Å². The predicted octanol–water partition coefficient (Wildman–Crippen LogP) is 2.71. The Kier molecular flexibility index (Phi) is 6.50. The van der Waals surface area contributed by atoms with E-state index in [9.17, 15) is 9.59 Å². The lowest BCUT2D eigenvalue weighted by atomic mass is 10.3. The van der Waals surface area contributed by atoms with Crippen molar-refractivity contribution in [1.82, 2.24) is 9.80 Å². The molecule has 1 heterocycles. The number of anilines is 1. The number of hydrogen-bond acceptors (Lipinski definition) is 4. The Balaban J connectivity index is 1.85. The number of urea groups is 1. The summed E-state index contributed by atoms with van der Waals surface area (Å²) in [6.07, 6.45) is 0. The highest BCUT2D eigenvalue weighted by Gasteiger charge is 2.23. The van der Waals surface area contributed by atoms with Gasteiger partial charge in [-0.15, -0.1) is 0 Å². The van der Waals surface area contributed by atoms with E-state index in [1.807, 2.05) is 4.90 Å². The van der Waals surface area contributed by atoms with E-state index in [-0.39, 0.29) is 18.5 Å². The average molecular weight is 360 g/mol. The number of ether oxygens (including phenoxy) is 1. The molecule has 0 atom stereocenters. The van der Waals surface area contributed by atoms with Gasteiger partial charge < -0.3 is 15.0 Å². The van der Waals surface area contributed by atoms with E-state index in [1.54, 1.807) is 30.0 Å². The van der Waals surface area contributed by atoms with Crippen LogP contribution in [0.1, 0.15) is 6.92 Å². The minimum atomic E-state index is -0.254. The second-order valence-electron chi connectivity index (χ2n) is 5.10. The van der Waals surface area contributed by atoms with Gasteiger partial charge in [-0.05, 0) is 19.1 Å². The minimum absolute atomic E-state index is 0.242. The Morgan fingerprint density at radius 3 is 2.35 bits per heavy atom. The molecule has 0 unspecified atom stereocenters. The molecule has 8 heteroatoms. The van der Waals surface area contributed by atoms with Crippen molar-refractivity contribution < 1.29 is 14.3 Å². The highest BCUT2D eigenvalue weighted by Crippen LogP contribution is 2.30. The Labute approximate surface area is 145 Å². The maximum Gasteiger partial charge on any atom is 0.322 e. The van der Waals surface area contributed by atoms with E-state index in [0.717, 1.165) is 0 Å². The van der Waals surface area contributed by atoms with Gasteiger partial charge in [0, 0.05) is 26.2 Å². The van der Waals surface area contributed by atoms with Crippen LogP contribution in [0.4, 0.5) is 10.5 Å².